The maximum absolute atomic E-state index is 9.61. The zero-order valence-electron chi connectivity index (χ0n) is 25.9. The summed E-state index contributed by atoms with van der Waals surface area (Å²) in [4.78, 5) is 7.14. The van der Waals surface area contributed by atoms with E-state index in [1.54, 1.807) is 0 Å². The maximum atomic E-state index is 9.61. The Bertz CT molecular complexity index is 2410. The number of aliphatic imine (C=N–C) groups is 1. The Hall–Kier alpha value is -5.94. The molecule has 0 atom stereocenters. The van der Waals surface area contributed by atoms with Crippen LogP contribution in [0.25, 0.3) is 60.4 Å². The second kappa shape index (κ2) is 11.2. The third-order valence-electron chi connectivity index (χ3n) is 8.99. The number of benzene rings is 6. The van der Waals surface area contributed by atoms with Gasteiger partial charge in [-0.05, 0) is 42.3 Å². The van der Waals surface area contributed by atoms with Crippen LogP contribution in [-0.2, 0) is 0 Å². The van der Waals surface area contributed by atoms with Crippen molar-refractivity contribution in [2.24, 2.45) is 4.99 Å². The third-order valence-corrected chi connectivity index (χ3v) is 8.99. The monoisotopic (exact) mass is 595 g/mol. The lowest BCUT2D eigenvalue weighted by molar-refractivity contribution is 0.537. The van der Waals surface area contributed by atoms with Gasteiger partial charge in [0.25, 0.3) is 0 Å². The van der Waals surface area contributed by atoms with Crippen molar-refractivity contribution in [2.75, 3.05) is 13.6 Å². The molecule has 222 valence electrons. The molecule has 0 unspecified atom stereocenters. The fourth-order valence-corrected chi connectivity index (χ4v) is 6.68. The first kappa shape index (κ1) is 27.6. The van der Waals surface area contributed by atoms with E-state index in [4.69, 9.17) is 4.99 Å². The molecule has 0 saturated heterocycles. The average Bonchev–Trinajstić information content (AvgIpc) is 3.64. The zero-order valence-corrected chi connectivity index (χ0v) is 25.9. The van der Waals surface area contributed by atoms with Gasteiger partial charge in [-0.2, -0.15) is 4.99 Å². The number of rotatable bonds is 4. The molecule has 0 amide bonds. The van der Waals surface area contributed by atoms with Gasteiger partial charge in [-0.15, -0.1) is 0 Å². The predicted molar refractivity (Wildman–Crippen MR) is 194 cm³/mol. The Morgan fingerprint density at radius 2 is 1.13 bits per heavy atom. The summed E-state index contributed by atoms with van der Waals surface area (Å²) in [6.45, 7) is 2.87. The molecule has 0 fully saturated rings. The Balaban J connectivity index is 1.44. The van der Waals surface area contributed by atoms with Crippen molar-refractivity contribution in [3.05, 3.63) is 151 Å². The molecule has 0 bridgehead atoms. The van der Waals surface area contributed by atoms with Crippen LogP contribution in [0.5, 0.6) is 0 Å². The van der Waals surface area contributed by atoms with Gasteiger partial charge in [0.05, 0.1) is 22.1 Å². The quantitative estimate of drug-likeness (QED) is 0.160. The summed E-state index contributed by atoms with van der Waals surface area (Å²) in [6, 6.07) is 50.8. The fraction of sp³-hybridized carbons (Fsp3) is 0.0732. The Labute approximate surface area is 267 Å². The number of para-hydroxylation sites is 2. The van der Waals surface area contributed by atoms with E-state index in [1.807, 2.05) is 41.9 Å². The number of nitrogens with one attached hydrogen (secondary N) is 1. The van der Waals surface area contributed by atoms with Gasteiger partial charge in [-0.25, -0.2) is 0 Å². The van der Waals surface area contributed by atoms with Gasteiger partial charge in [0.2, 0.25) is 5.96 Å². The van der Waals surface area contributed by atoms with E-state index >= 15 is 0 Å². The molecule has 5 heteroatoms. The van der Waals surface area contributed by atoms with E-state index in [-0.39, 0.29) is 5.96 Å². The van der Waals surface area contributed by atoms with Crippen molar-refractivity contribution in [3.63, 3.8) is 0 Å². The number of hydrogen-bond donors (Lipinski definition) is 1. The first-order chi connectivity index (χ1) is 22.6. The molecule has 8 rings (SSSR count). The summed E-state index contributed by atoms with van der Waals surface area (Å²) < 4.78 is 4.39. The molecule has 0 aliphatic rings. The summed E-state index contributed by atoms with van der Waals surface area (Å²) in [7, 11) is 2.03. The van der Waals surface area contributed by atoms with E-state index in [0.717, 1.165) is 61.9 Å². The number of nitrogens with zero attached hydrogens (tertiary/aromatic N) is 4. The number of aromatic nitrogens is 2. The Morgan fingerprint density at radius 1 is 0.587 bits per heavy atom. The smallest absolute Gasteiger partial charge is 0.229 e. The lowest BCUT2D eigenvalue weighted by Crippen LogP contribution is -2.29. The SMILES string of the molecule is CCN(C)C(=NC(=N)n1c2ccccc2c2ccc3c4ccccc4n(-c4ccc(-c5ccccc5)cc4)c3c21)c1ccccc1. The lowest BCUT2D eigenvalue weighted by Gasteiger charge is -2.20. The highest BCUT2D eigenvalue weighted by molar-refractivity contribution is 6.26. The van der Waals surface area contributed by atoms with Crippen molar-refractivity contribution in [1.29, 1.82) is 5.41 Å². The molecule has 8 aromatic rings. The van der Waals surface area contributed by atoms with Crippen LogP contribution in [0.1, 0.15) is 12.5 Å². The minimum absolute atomic E-state index is 0.175. The van der Waals surface area contributed by atoms with Gasteiger partial charge in [0, 0.05) is 46.4 Å². The Morgan fingerprint density at radius 3 is 1.80 bits per heavy atom. The van der Waals surface area contributed by atoms with Crippen molar-refractivity contribution in [1.82, 2.24) is 14.0 Å². The summed E-state index contributed by atoms with van der Waals surface area (Å²) in [6.07, 6.45) is 0. The predicted octanol–water partition coefficient (Wildman–Crippen LogP) is 9.74. The van der Waals surface area contributed by atoms with Crippen LogP contribution in [0.2, 0.25) is 0 Å². The van der Waals surface area contributed by atoms with Crippen molar-refractivity contribution < 1.29 is 0 Å². The van der Waals surface area contributed by atoms with Gasteiger partial charge in [0.15, 0.2) is 0 Å². The van der Waals surface area contributed by atoms with Crippen molar-refractivity contribution >= 4 is 55.4 Å². The largest absolute Gasteiger partial charge is 0.359 e. The minimum atomic E-state index is 0.175. The molecule has 0 spiro atoms. The van der Waals surface area contributed by atoms with Gasteiger partial charge >= 0.3 is 0 Å². The summed E-state index contributed by atoms with van der Waals surface area (Å²) >= 11 is 0. The normalized spacial score (nSPS) is 12.0. The van der Waals surface area contributed by atoms with Crippen molar-refractivity contribution in [2.45, 2.75) is 6.92 Å². The second-order valence-electron chi connectivity index (χ2n) is 11.6. The molecule has 2 aromatic heterocycles. The van der Waals surface area contributed by atoms with Gasteiger partial charge in [0.1, 0.15) is 5.84 Å². The van der Waals surface area contributed by atoms with E-state index in [1.165, 1.54) is 16.5 Å². The first-order valence-corrected chi connectivity index (χ1v) is 15.7. The minimum Gasteiger partial charge on any atom is -0.359 e. The van der Waals surface area contributed by atoms with Crippen LogP contribution < -0.4 is 0 Å². The highest BCUT2D eigenvalue weighted by atomic mass is 15.2. The molecule has 6 aromatic carbocycles. The molecule has 0 aliphatic carbocycles. The highest BCUT2D eigenvalue weighted by Gasteiger charge is 2.22. The summed E-state index contributed by atoms with van der Waals surface area (Å²) in [5.41, 5.74) is 8.54. The molecule has 0 radical (unpaired) electrons. The van der Waals surface area contributed by atoms with E-state index in [0.29, 0.717) is 0 Å². The van der Waals surface area contributed by atoms with E-state index < -0.39 is 0 Å². The topological polar surface area (TPSA) is 49.3 Å². The van der Waals surface area contributed by atoms with E-state index in [9.17, 15) is 5.41 Å². The van der Waals surface area contributed by atoms with Crippen LogP contribution in [0.15, 0.2) is 151 Å². The van der Waals surface area contributed by atoms with Gasteiger partial charge < -0.3 is 9.47 Å². The first-order valence-electron chi connectivity index (χ1n) is 15.7. The average molecular weight is 596 g/mol. The number of amidine groups is 1. The van der Waals surface area contributed by atoms with Gasteiger partial charge in [-0.1, -0.05) is 121 Å². The van der Waals surface area contributed by atoms with Crippen LogP contribution in [-0.4, -0.2) is 39.4 Å². The molecular weight excluding hydrogens is 562 g/mol. The van der Waals surface area contributed by atoms with Gasteiger partial charge in [-0.3, -0.25) is 9.98 Å². The molecule has 2 heterocycles. The molecule has 1 N–H and O–H groups in total. The highest BCUT2D eigenvalue weighted by Crippen LogP contribution is 2.40. The molecule has 5 nitrogen and oxygen atoms in total. The zero-order chi connectivity index (χ0) is 31.2. The molecule has 46 heavy (non-hydrogen) atoms. The van der Waals surface area contributed by atoms with Crippen LogP contribution in [0.3, 0.4) is 0 Å². The molecule has 0 aliphatic heterocycles. The fourth-order valence-electron chi connectivity index (χ4n) is 6.68. The van der Waals surface area contributed by atoms with Crippen molar-refractivity contribution in [3.8, 4) is 16.8 Å². The lowest BCUT2D eigenvalue weighted by atomic mass is 10.1. The third kappa shape index (κ3) is 4.39. The maximum Gasteiger partial charge on any atom is 0.229 e. The van der Waals surface area contributed by atoms with E-state index in [2.05, 4.69) is 132 Å². The van der Waals surface area contributed by atoms with Crippen LogP contribution >= 0.6 is 0 Å². The Kier molecular flexibility index (Phi) is 6.72. The summed E-state index contributed by atoms with van der Waals surface area (Å²) in [5.74, 6) is 0.942. The molecule has 0 saturated carbocycles. The van der Waals surface area contributed by atoms with Crippen LogP contribution in [0, 0.1) is 5.41 Å². The molecular formula is C41H33N5. The van der Waals surface area contributed by atoms with Crippen LogP contribution in [0.4, 0.5) is 0 Å². The standard InChI is InChI=1S/C41H33N5/c1-3-44(2)40(30-16-8-5-9-17-30)43-41(42)46-37-21-13-11-19-33(37)35-27-26-34-32-18-10-12-20-36(32)45(38(34)39(35)46)31-24-22-29(23-25-31)28-14-6-4-7-15-28/h4-27,42H,3H2,1-2H3. The second-order valence-corrected chi connectivity index (χ2v) is 11.6. The number of fused-ring (bicyclic) bond motifs is 7. The number of hydrogen-bond acceptors (Lipinski definition) is 1. The summed E-state index contributed by atoms with van der Waals surface area (Å²) in [5, 5.41) is 14.1.